The molecule has 0 heterocycles. The van der Waals surface area contributed by atoms with Gasteiger partial charge in [-0.3, -0.25) is 13.8 Å². The number of carbonyl (C=O) groups is 1. The smallest absolute Gasteiger partial charge is 0.458 e. The maximum Gasteiger partial charge on any atom is 0.472 e. The van der Waals surface area contributed by atoms with Gasteiger partial charge >= 0.3 is 13.8 Å². The van der Waals surface area contributed by atoms with Gasteiger partial charge in [0.15, 0.2) is 0 Å². The number of nitrogens with zero attached hydrogens (tertiary/aromatic N) is 1. The van der Waals surface area contributed by atoms with Gasteiger partial charge in [0, 0.05) is 13.5 Å². The van der Waals surface area contributed by atoms with Crippen molar-refractivity contribution in [3.8, 4) is 0 Å². The maximum atomic E-state index is 12.1. The molecule has 0 spiro atoms. The summed E-state index contributed by atoms with van der Waals surface area (Å²) in [5.41, 5.74) is 0. The molecule has 41 heavy (non-hydrogen) atoms. The summed E-state index contributed by atoms with van der Waals surface area (Å²) in [5.74, 6) is -0.486. The Morgan fingerprint density at radius 2 is 1.07 bits per heavy atom. The summed E-state index contributed by atoms with van der Waals surface area (Å²) in [6, 6.07) is 0. The second-order valence-corrected chi connectivity index (χ2v) is 14.1. The van der Waals surface area contributed by atoms with Crippen LogP contribution in [0, 0.1) is 0 Å². The topological polar surface area (TPSA) is 91.3 Å². The number of rotatable bonds is 31. The van der Waals surface area contributed by atoms with Crippen molar-refractivity contribution < 1.29 is 37.3 Å². The van der Waals surface area contributed by atoms with Crippen molar-refractivity contribution in [1.82, 2.24) is 0 Å². The van der Waals surface area contributed by atoms with Gasteiger partial charge in [-0.25, -0.2) is 4.57 Å². The Morgan fingerprint density at radius 3 is 1.46 bits per heavy atom. The first kappa shape index (κ1) is 40.5. The van der Waals surface area contributed by atoms with E-state index in [9.17, 15) is 14.3 Å². The third kappa shape index (κ3) is 32.3. The van der Waals surface area contributed by atoms with Crippen LogP contribution in [-0.2, 0) is 27.9 Å². The van der Waals surface area contributed by atoms with Gasteiger partial charge in [-0.2, -0.15) is 0 Å². The number of likely N-dealkylation sites (N-methyl/N-ethyl adjacent to an activating group) is 1. The van der Waals surface area contributed by atoms with Crippen molar-refractivity contribution in [3.63, 3.8) is 0 Å². The van der Waals surface area contributed by atoms with E-state index in [-0.39, 0.29) is 19.8 Å². The molecule has 9 heteroatoms. The van der Waals surface area contributed by atoms with Crippen molar-refractivity contribution in [2.75, 3.05) is 54.1 Å². The molecule has 246 valence electrons. The molecule has 0 saturated carbocycles. The molecule has 0 saturated heterocycles. The second kappa shape index (κ2) is 27.1. The van der Waals surface area contributed by atoms with Gasteiger partial charge in [-0.05, 0) is 6.42 Å². The molecular formula is C32H67NO7P+. The first-order valence-corrected chi connectivity index (χ1v) is 18.2. The SMILES string of the molecule is CCCCCCCCCCCCCCCCCCCCCCOC[C@H](COP(=O)(O)OCC[N+](C)(C)C)OC(C)=O. The van der Waals surface area contributed by atoms with E-state index in [0.29, 0.717) is 17.6 Å². The van der Waals surface area contributed by atoms with Crippen molar-refractivity contribution in [2.45, 2.75) is 148 Å². The van der Waals surface area contributed by atoms with Gasteiger partial charge in [-0.1, -0.05) is 129 Å². The van der Waals surface area contributed by atoms with E-state index in [1.54, 1.807) is 0 Å². The van der Waals surface area contributed by atoms with Crippen molar-refractivity contribution in [1.29, 1.82) is 0 Å². The average molecular weight is 609 g/mol. The zero-order valence-corrected chi connectivity index (χ0v) is 28.4. The lowest BCUT2D eigenvalue weighted by Gasteiger charge is -2.24. The first-order chi connectivity index (χ1) is 19.6. The lowest BCUT2D eigenvalue weighted by Crippen LogP contribution is -2.37. The van der Waals surface area contributed by atoms with Crippen LogP contribution < -0.4 is 0 Å². The van der Waals surface area contributed by atoms with Crippen LogP contribution in [0.25, 0.3) is 0 Å². The van der Waals surface area contributed by atoms with Crippen LogP contribution in [0.15, 0.2) is 0 Å². The normalized spacial score (nSPS) is 14.2. The van der Waals surface area contributed by atoms with Crippen molar-refractivity contribution in [2.24, 2.45) is 0 Å². The van der Waals surface area contributed by atoms with Gasteiger partial charge in [0.1, 0.15) is 19.3 Å². The minimum atomic E-state index is -4.21. The standard InChI is InChI=1S/C32H66NO7P/c1-6-7-8-9-10-11-12-13-14-15-16-17-18-19-20-21-22-23-24-25-27-37-29-32(40-31(2)34)30-39-41(35,36)38-28-26-33(3,4)5/h32H,6-30H2,1-5H3/p+1/t32-/m1/s1. The van der Waals surface area contributed by atoms with E-state index >= 15 is 0 Å². The fourth-order valence-corrected chi connectivity index (χ4v) is 5.41. The van der Waals surface area contributed by atoms with Crippen LogP contribution in [0.1, 0.15) is 142 Å². The molecule has 0 aromatic heterocycles. The number of hydrogen-bond donors (Lipinski definition) is 1. The molecule has 2 atom stereocenters. The summed E-state index contributed by atoms with van der Waals surface area (Å²) in [4.78, 5) is 21.3. The predicted molar refractivity (Wildman–Crippen MR) is 169 cm³/mol. The molecule has 0 aliphatic carbocycles. The number of hydrogen-bond acceptors (Lipinski definition) is 6. The fourth-order valence-electron chi connectivity index (χ4n) is 4.67. The molecule has 0 fully saturated rings. The Morgan fingerprint density at radius 1 is 0.659 bits per heavy atom. The lowest BCUT2D eigenvalue weighted by atomic mass is 10.0. The van der Waals surface area contributed by atoms with Crippen LogP contribution >= 0.6 is 7.82 Å². The number of phosphoric ester groups is 1. The minimum Gasteiger partial charge on any atom is -0.458 e. The number of unbranched alkanes of at least 4 members (excludes halogenated alkanes) is 19. The largest absolute Gasteiger partial charge is 0.472 e. The summed E-state index contributed by atoms with van der Waals surface area (Å²) < 4.78 is 33.5. The van der Waals surface area contributed by atoms with Crippen LogP contribution in [0.3, 0.4) is 0 Å². The van der Waals surface area contributed by atoms with Crippen molar-refractivity contribution in [3.05, 3.63) is 0 Å². The number of esters is 1. The summed E-state index contributed by atoms with van der Waals surface area (Å²) in [6.07, 6.45) is 26.2. The number of carbonyl (C=O) groups excluding carboxylic acids is 1. The van der Waals surface area contributed by atoms with E-state index in [0.717, 1.165) is 12.8 Å². The molecule has 0 radical (unpaired) electrons. The Hall–Kier alpha value is -0.500. The molecule has 0 aromatic rings. The van der Waals surface area contributed by atoms with E-state index in [4.69, 9.17) is 18.5 Å². The highest BCUT2D eigenvalue weighted by molar-refractivity contribution is 7.47. The molecule has 0 rings (SSSR count). The zero-order chi connectivity index (χ0) is 30.7. The molecular weight excluding hydrogens is 541 g/mol. The predicted octanol–water partition coefficient (Wildman–Crippen LogP) is 8.60. The highest BCUT2D eigenvalue weighted by Crippen LogP contribution is 2.43. The van der Waals surface area contributed by atoms with Crippen LogP contribution in [0.5, 0.6) is 0 Å². The highest BCUT2D eigenvalue weighted by atomic mass is 31.2. The van der Waals surface area contributed by atoms with Crippen LogP contribution in [0.4, 0.5) is 0 Å². The fraction of sp³-hybridized carbons (Fsp3) is 0.969. The second-order valence-electron chi connectivity index (χ2n) is 12.6. The van der Waals surface area contributed by atoms with E-state index in [1.165, 1.54) is 122 Å². The molecule has 0 aliphatic rings. The van der Waals surface area contributed by atoms with Crippen LogP contribution in [0.2, 0.25) is 0 Å². The van der Waals surface area contributed by atoms with Gasteiger partial charge in [0.05, 0.1) is 34.4 Å². The lowest BCUT2D eigenvalue weighted by molar-refractivity contribution is -0.870. The Balaban J connectivity index is 3.60. The summed E-state index contributed by atoms with van der Waals surface area (Å²) in [5, 5.41) is 0. The number of ether oxygens (including phenoxy) is 2. The van der Waals surface area contributed by atoms with Gasteiger partial charge in [0.2, 0.25) is 0 Å². The zero-order valence-electron chi connectivity index (χ0n) is 27.5. The molecule has 1 N–H and O–H groups in total. The number of quaternary nitrogens is 1. The third-order valence-corrected chi connectivity index (χ3v) is 8.20. The molecule has 0 aromatic carbocycles. The van der Waals surface area contributed by atoms with E-state index < -0.39 is 19.9 Å². The average Bonchev–Trinajstić information content (AvgIpc) is 2.89. The minimum absolute atomic E-state index is 0.0887. The number of phosphoric acid groups is 1. The molecule has 8 nitrogen and oxygen atoms in total. The highest BCUT2D eigenvalue weighted by Gasteiger charge is 2.25. The summed E-state index contributed by atoms with van der Waals surface area (Å²) in [6.45, 7) is 4.65. The molecule has 0 amide bonds. The van der Waals surface area contributed by atoms with Crippen molar-refractivity contribution >= 4 is 13.8 Å². The van der Waals surface area contributed by atoms with Gasteiger partial charge in [0.25, 0.3) is 0 Å². The Labute approximate surface area is 253 Å². The van der Waals surface area contributed by atoms with E-state index in [2.05, 4.69) is 6.92 Å². The Bertz CT molecular complexity index is 642. The van der Waals surface area contributed by atoms with Crippen LogP contribution in [-0.4, -0.2) is 75.6 Å². The monoisotopic (exact) mass is 608 g/mol. The van der Waals surface area contributed by atoms with Gasteiger partial charge in [-0.15, -0.1) is 0 Å². The Kier molecular flexibility index (Phi) is 26.7. The molecule has 0 aliphatic heterocycles. The first-order valence-electron chi connectivity index (χ1n) is 16.7. The van der Waals surface area contributed by atoms with E-state index in [1.807, 2.05) is 21.1 Å². The maximum absolute atomic E-state index is 12.1. The van der Waals surface area contributed by atoms with Gasteiger partial charge < -0.3 is 18.9 Å². The third-order valence-electron chi connectivity index (χ3n) is 7.22. The quantitative estimate of drug-likeness (QED) is 0.0365. The molecule has 1 unspecified atom stereocenters. The molecule has 0 bridgehead atoms. The summed E-state index contributed by atoms with van der Waals surface area (Å²) >= 11 is 0. The summed E-state index contributed by atoms with van der Waals surface area (Å²) in [7, 11) is 1.67.